The van der Waals surface area contributed by atoms with Gasteiger partial charge in [0, 0.05) is 6.20 Å². The molecule has 0 aliphatic heterocycles. The molecule has 0 aliphatic rings. The van der Waals surface area contributed by atoms with Gasteiger partial charge in [-0.3, -0.25) is 14.3 Å². The molecule has 0 fully saturated rings. The van der Waals surface area contributed by atoms with Gasteiger partial charge in [-0.25, -0.2) is 4.39 Å². The van der Waals surface area contributed by atoms with Crippen LogP contribution in [0.1, 0.15) is 15.9 Å². The SMILES string of the molecule is COC(=O)Cn1cc(NC(=O)c2ccc(C)cc2F)cn1. The van der Waals surface area contributed by atoms with Gasteiger partial charge in [0.2, 0.25) is 0 Å². The van der Waals surface area contributed by atoms with Gasteiger partial charge >= 0.3 is 5.97 Å². The molecule has 1 heterocycles. The molecule has 0 unspecified atom stereocenters. The third-order valence-electron chi connectivity index (χ3n) is 2.78. The summed E-state index contributed by atoms with van der Waals surface area (Å²) in [6.45, 7) is 1.67. The van der Waals surface area contributed by atoms with E-state index in [1.165, 1.54) is 36.3 Å². The van der Waals surface area contributed by atoms with E-state index in [1.807, 2.05) is 0 Å². The lowest BCUT2D eigenvalue weighted by atomic mass is 10.1. The maximum atomic E-state index is 13.7. The molecule has 2 rings (SSSR count). The summed E-state index contributed by atoms with van der Waals surface area (Å²) in [4.78, 5) is 23.0. The molecule has 1 aromatic carbocycles. The number of rotatable bonds is 4. The summed E-state index contributed by atoms with van der Waals surface area (Å²) in [5, 5.41) is 6.41. The molecule has 1 aromatic heterocycles. The fraction of sp³-hybridized carbons (Fsp3) is 0.214. The Bertz CT molecular complexity index is 682. The van der Waals surface area contributed by atoms with E-state index in [0.717, 1.165) is 5.56 Å². The normalized spacial score (nSPS) is 10.2. The van der Waals surface area contributed by atoms with Gasteiger partial charge in [0.25, 0.3) is 5.91 Å². The maximum Gasteiger partial charge on any atom is 0.327 e. The number of carbonyl (C=O) groups excluding carboxylic acids is 2. The first-order valence-electron chi connectivity index (χ1n) is 6.16. The predicted molar refractivity (Wildman–Crippen MR) is 73.3 cm³/mol. The number of nitrogens with one attached hydrogen (secondary N) is 1. The summed E-state index contributed by atoms with van der Waals surface area (Å²) >= 11 is 0. The quantitative estimate of drug-likeness (QED) is 0.871. The van der Waals surface area contributed by atoms with Crippen LogP contribution in [0.2, 0.25) is 0 Å². The lowest BCUT2D eigenvalue weighted by Gasteiger charge is -2.04. The number of anilines is 1. The molecule has 0 atom stereocenters. The Morgan fingerprint density at radius 1 is 1.43 bits per heavy atom. The largest absolute Gasteiger partial charge is 0.468 e. The van der Waals surface area contributed by atoms with Crippen molar-refractivity contribution in [3.8, 4) is 0 Å². The number of hydrogen-bond donors (Lipinski definition) is 1. The zero-order valence-corrected chi connectivity index (χ0v) is 11.6. The minimum absolute atomic E-state index is 0.0543. The topological polar surface area (TPSA) is 73.2 Å². The first kappa shape index (κ1) is 14.7. The highest BCUT2D eigenvalue weighted by molar-refractivity contribution is 6.04. The van der Waals surface area contributed by atoms with Gasteiger partial charge in [0.05, 0.1) is 24.6 Å². The van der Waals surface area contributed by atoms with Crippen LogP contribution in [0.3, 0.4) is 0 Å². The fourth-order valence-corrected chi connectivity index (χ4v) is 1.71. The van der Waals surface area contributed by atoms with Crippen molar-refractivity contribution in [3.63, 3.8) is 0 Å². The van der Waals surface area contributed by atoms with Crippen LogP contribution in [0.5, 0.6) is 0 Å². The zero-order chi connectivity index (χ0) is 15.4. The van der Waals surface area contributed by atoms with E-state index < -0.39 is 17.7 Å². The molecular weight excluding hydrogens is 277 g/mol. The van der Waals surface area contributed by atoms with Crippen LogP contribution in [0, 0.1) is 12.7 Å². The van der Waals surface area contributed by atoms with Gasteiger partial charge in [0.1, 0.15) is 12.4 Å². The summed E-state index contributed by atoms with van der Waals surface area (Å²) in [5.74, 6) is -1.62. The minimum atomic E-state index is -0.588. The summed E-state index contributed by atoms with van der Waals surface area (Å²) in [5.41, 5.74) is 1.04. The van der Waals surface area contributed by atoms with Gasteiger partial charge in [-0.15, -0.1) is 0 Å². The summed E-state index contributed by atoms with van der Waals surface area (Å²) in [6, 6.07) is 4.35. The third-order valence-corrected chi connectivity index (χ3v) is 2.78. The van der Waals surface area contributed by atoms with E-state index in [0.29, 0.717) is 5.69 Å². The van der Waals surface area contributed by atoms with Crippen LogP contribution >= 0.6 is 0 Å². The Kier molecular flexibility index (Phi) is 4.32. The highest BCUT2D eigenvalue weighted by atomic mass is 19.1. The number of amides is 1. The van der Waals surface area contributed by atoms with E-state index in [9.17, 15) is 14.0 Å². The van der Waals surface area contributed by atoms with Crippen molar-refractivity contribution >= 4 is 17.6 Å². The molecule has 7 heteroatoms. The molecule has 21 heavy (non-hydrogen) atoms. The van der Waals surface area contributed by atoms with Gasteiger partial charge in [-0.2, -0.15) is 5.10 Å². The van der Waals surface area contributed by atoms with E-state index >= 15 is 0 Å². The van der Waals surface area contributed by atoms with E-state index in [2.05, 4.69) is 15.2 Å². The molecule has 1 N–H and O–H groups in total. The molecule has 0 aliphatic carbocycles. The Hall–Kier alpha value is -2.70. The lowest BCUT2D eigenvalue weighted by molar-refractivity contribution is -0.141. The highest BCUT2D eigenvalue weighted by Gasteiger charge is 2.13. The second-order valence-electron chi connectivity index (χ2n) is 4.44. The molecule has 0 bridgehead atoms. The second kappa shape index (κ2) is 6.17. The van der Waals surface area contributed by atoms with E-state index in [4.69, 9.17) is 0 Å². The monoisotopic (exact) mass is 291 g/mol. The number of aryl methyl sites for hydroxylation is 1. The van der Waals surface area contributed by atoms with Crippen molar-refractivity contribution in [2.24, 2.45) is 0 Å². The Balaban J connectivity index is 2.07. The number of nitrogens with zero attached hydrogens (tertiary/aromatic N) is 2. The van der Waals surface area contributed by atoms with Gasteiger partial charge in [-0.1, -0.05) is 6.07 Å². The van der Waals surface area contributed by atoms with Crippen molar-refractivity contribution in [3.05, 3.63) is 47.5 Å². The van der Waals surface area contributed by atoms with Crippen molar-refractivity contribution in [1.82, 2.24) is 9.78 Å². The van der Waals surface area contributed by atoms with Crippen molar-refractivity contribution in [2.75, 3.05) is 12.4 Å². The molecule has 0 radical (unpaired) electrons. The van der Waals surface area contributed by atoms with Crippen LogP contribution in [0.15, 0.2) is 30.6 Å². The Labute approximate surface area is 120 Å². The van der Waals surface area contributed by atoms with Gasteiger partial charge in [0.15, 0.2) is 0 Å². The molecular formula is C14H14FN3O3. The van der Waals surface area contributed by atoms with Crippen LogP contribution in [-0.4, -0.2) is 28.8 Å². The van der Waals surface area contributed by atoms with Crippen LogP contribution in [-0.2, 0) is 16.1 Å². The smallest absolute Gasteiger partial charge is 0.327 e. The predicted octanol–water partition coefficient (Wildman–Crippen LogP) is 1.76. The highest BCUT2D eigenvalue weighted by Crippen LogP contribution is 2.13. The van der Waals surface area contributed by atoms with Crippen molar-refractivity contribution in [1.29, 1.82) is 0 Å². The molecule has 6 nitrogen and oxygen atoms in total. The first-order valence-corrected chi connectivity index (χ1v) is 6.16. The zero-order valence-electron chi connectivity index (χ0n) is 11.6. The lowest BCUT2D eigenvalue weighted by Crippen LogP contribution is -2.14. The molecule has 0 saturated carbocycles. The summed E-state index contributed by atoms with van der Waals surface area (Å²) < 4.78 is 19.5. The number of halogens is 1. The number of methoxy groups -OCH3 is 1. The summed E-state index contributed by atoms with van der Waals surface area (Å²) in [7, 11) is 1.27. The molecule has 1 amide bonds. The van der Waals surface area contributed by atoms with Crippen molar-refractivity contribution in [2.45, 2.75) is 13.5 Å². The second-order valence-corrected chi connectivity index (χ2v) is 4.44. The van der Waals surface area contributed by atoms with Crippen LogP contribution in [0.4, 0.5) is 10.1 Å². The first-order chi connectivity index (χ1) is 9.99. The minimum Gasteiger partial charge on any atom is -0.468 e. The molecule has 0 spiro atoms. The third kappa shape index (κ3) is 3.65. The molecule has 2 aromatic rings. The number of benzene rings is 1. The number of esters is 1. The Morgan fingerprint density at radius 2 is 2.19 bits per heavy atom. The van der Waals surface area contributed by atoms with Crippen LogP contribution < -0.4 is 5.32 Å². The average Bonchev–Trinajstić information content (AvgIpc) is 2.85. The van der Waals surface area contributed by atoms with E-state index in [1.54, 1.807) is 13.0 Å². The maximum absolute atomic E-state index is 13.7. The number of hydrogen-bond acceptors (Lipinski definition) is 4. The number of aromatic nitrogens is 2. The van der Waals surface area contributed by atoms with Gasteiger partial charge in [-0.05, 0) is 24.6 Å². The number of ether oxygens (including phenoxy) is 1. The Morgan fingerprint density at radius 3 is 2.86 bits per heavy atom. The fourth-order valence-electron chi connectivity index (χ4n) is 1.71. The average molecular weight is 291 g/mol. The number of carbonyl (C=O) groups is 2. The van der Waals surface area contributed by atoms with E-state index in [-0.39, 0.29) is 12.1 Å². The molecule has 0 saturated heterocycles. The van der Waals surface area contributed by atoms with Gasteiger partial charge < -0.3 is 10.1 Å². The van der Waals surface area contributed by atoms with Crippen LogP contribution in [0.25, 0.3) is 0 Å². The molecule has 110 valence electrons. The summed E-state index contributed by atoms with van der Waals surface area (Å²) in [6.07, 6.45) is 2.83. The van der Waals surface area contributed by atoms with Crippen molar-refractivity contribution < 1.29 is 18.7 Å². The standard InChI is InChI=1S/C14H14FN3O3/c1-9-3-4-11(12(15)5-9)14(20)17-10-6-16-18(7-10)8-13(19)21-2/h3-7H,8H2,1-2H3,(H,17,20).